The van der Waals surface area contributed by atoms with Gasteiger partial charge in [0.05, 0.1) is 23.0 Å². The zero-order chi connectivity index (χ0) is 21.3. The second-order valence-electron chi connectivity index (χ2n) is 7.03. The molecule has 1 aliphatic heterocycles. The first kappa shape index (κ1) is 20.3. The van der Waals surface area contributed by atoms with Gasteiger partial charge in [0.15, 0.2) is 0 Å². The molecule has 1 unspecified atom stereocenters. The Morgan fingerprint density at radius 1 is 0.967 bits per heavy atom. The lowest BCUT2D eigenvalue weighted by atomic mass is 10.0. The molecule has 3 nitrogen and oxygen atoms in total. The van der Waals surface area contributed by atoms with E-state index in [0.717, 1.165) is 16.5 Å². The Bertz CT molecular complexity index is 1080. The highest BCUT2D eigenvalue weighted by molar-refractivity contribution is 8.01. The van der Waals surface area contributed by atoms with Crippen molar-refractivity contribution in [3.63, 3.8) is 0 Å². The molecule has 0 saturated heterocycles. The number of alkyl halides is 3. The van der Waals surface area contributed by atoms with Gasteiger partial charge >= 0.3 is 6.18 Å². The number of para-hydroxylation sites is 1. The van der Waals surface area contributed by atoms with Crippen LogP contribution in [0.25, 0.3) is 0 Å². The molecule has 0 saturated carbocycles. The number of phenols is 1. The van der Waals surface area contributed by atoms with Crippen molar-refractivity contribution in [2.24, 2.45) is 0 Å². The number of phenolic OH excluding ortho intramolecular Hbond substituents is 1. The van der Waals surface area contributed by atoms with Crippen molar-refractivity contribution in [1.82, 2.24) is 0 Å². The smallest absolute Gasteiger partial charge is 0.416 e. The third-order valence-corrected chi connectivity index (χ3v) is 6.20. The number of benzene rings is 3. The number of nitrogens with zero attached hydrogens (tertiary/aromatic N) is 1. The van der Waals surface area contributed by atoms with Gasteiger partial charge in [-0.15, -0.1) is 11.8 Å². The van der Waals surface area contributed by atoms with E-state index < -0.39 is 17.0 Å². The van der Waals surface area contributed by atoms with E-state index in [4.69, 9.17) is 0 Å². The molecule has 1 amide bonds. The molecule has 154 valence electrons. The summed E-state index contributed by atoms with van der Waals surface area (Å²) < 4.78 is 40.4. The molecule has 1 aliphatic rings. The molecule has 1 N–H and O–H groups in total. The summed E-state index contributed by atoms with van der Waals surface area (Å²) in [4.78, 5) is 15.6. The van der Waals surface area contributed by atoms with Gasteiger partial charge < -0.3 is 10.0 Å². The van der Waals surface area contributed by atoms with E-state index >= 15 is 0 Å². The Morgan fingerprint density at radius 3 is 2.47 bits per heavy atom. The number of thioether (sulfide) groups is 1. The van der Waals surface area contributed by atoms with Crippen molar-refractivity contribution in [3.05, 3.63) is 89.5 Å². The summed E-state index contributed by atoms with van der Waals surface area (Å²) >= 11 is 1.39. The maximum atomic E-state index is 13.5. The number of fused-ring (bicyclic) bond motifs is 1. The molecule has 3 aromatic rings. The highest BCUT2D eigenvalue weighted by Gasteiger charge is 2.37. The number of anilines is 1. The minimum absolute atomic E-state index is 0.0520. The van der Waals surface area contributed by atoms with Crippen LogP contribution in [0.1, 0.15) is 16.7 Å². The van der Waals surface area contributed by atoms with Gasteiger partial charge in [-0.3, -0.25) is 4.79 Å². The first-order valence-electron chi connectivity index (χ1n) is 9.33. The molecular formula is C23H18F3NO2S. The number of carbonyl (C=O) groups excluding carboxylic acids is 1. The number of hydrogen-bond acceptors (Lipinski definition) is 3. The van der Waals surface area contributed by atoms with Crippen molar-refractivity contribution >= 4 is 23.4 Å². The zero-order valence-electron chi connectivity index (χ0n) is 15.8. The normalized spacial score (nSPS) is 16.4. The number of halogens is 3. The second kappa shape index (κ2) is 8.07. The van der Waals surface area contributed by atoms with Gasteiger partial charge in [-0.2, -0.15) is 13.2 Å². The topological polar surface area (TPSA) is 40.5 Å². The zero-order valence-corrected chi connectivity index (χ0v) is 16.6. The fourth-order valence-electron chi connectivity index (χ4n) is 3.57. The maximum absolute atomic E-state index is 13.5. The summed E-state index contributed by atoms with van der Waals surface area (Å²) in [6.07, 6.45) is -4.13. The summed E-state index contributed by atoms with van der Waals surface area (Å²) in [7, 11) is 0. The number of rotatable bonds is 4. The van der Waals surface area contributed by atoms with Crippen molar-refractivity contribution in [2.45, 2.75) is 29.3 Å². The number of hydrogen-bond donors (Lipinski definition) is 1. The van der Waals surface area contributed by atoms with Crippen molar-refractivity contribution in [3.8, 4) is 5.75 Å². The molecule has 0 aromatic heterocycles. The Kier molecular flexibility index (Phi) is 5.47. The van der Waals surface area contributed by atoms with Gasteiger partial charge in [-0.25, -0.2) is 0 Å². The first-order chi connectivity index (χ1) is 14.3. The summed E-state index contributed by atoms with van der Waals surface area (Å²) in [6.45, 7) is -0.164. The Hall–Kier alpha value is -2.93. The van der Waals surface area contributed by atoms with Crippen molar-refractivity contribution in [2.75, 3.05) is 4.90 Å². The average molecular weight is 429 g/mol. The molecule has 4 rings (SSSR count). The van der Waals surface area contributed by atoms with Crippen molar-refractivity contribution < 1.29 is 23.1 Å². The molecule has 0 bridgehead atoms. The SMILES string of the molecule is O=C1C(Cc2cccc(O)c2)Sc2ccccc2N1Cc1ccccc1C(F)(F)F. The minimum Gasteiger partial charge on any atom is -0.508 e. The van der Waals surface area contributed by atoms with Crippen LogP contribution in [0, 0.1) is 0 Å². The van der Waals surface area contributed by atoms with Gasteiger partial charge in [-0.1, -0.05) is 42.5 Å². The van der Waals surface area contributed by atoms with Crippen LogP contribution in [-0.2, 0) is 23.9 Å². The van der Waals surface area contributed by atoms with Gasteiger partial charge in [0.2, 0.25) is 5.91 Å². The number of carbonyl (C=O) groups is 1. The van der Waals surface area contributed by atoms with Crippen LogP contribution in [0.5, 0.6) is 5.75 Å². The van der Waals surface area contributed by atoms with Crippen LogP contribution in [0.3, 0.4) is 0 Å². The molecule has 1 atom stereocenters. The maximum Gasteiger partial charge on any atom is 0.416 e. The van der Waals surface area contributed by atoms with Gasteiger partial charge in [0, 0.05) is 4.90 Å². The molecule has 0 radical (unpaired) electrons. The molecule has 0 spiro atoms. The van der Waals surface area contributed by atoms with E-state index in [1.54, 1.807) is 36.4 Å². The molecule has 30 heavy (non-hydrogen) atoms. The van der Waals surface area contributed by atoms with Crippen molar-refractivity contribution in [1.29, 1.82) is 0 Å². The van der Waals surface area contributed by atoms with E-state index in [-0.39, 0.29) is 23.8 Å². The van der Waals surface area contributed by atoms with Gasteiger partial charge in [0.1, 0.15) is 5.75 Å². The third kappa shape index (κ3) is 4.16. The van der Waals surface area contributed by atoms with E-state index in [0.29, 0.717) is 12.1 Å². The summed E-state index contributed by atoms with van der Waals surface area (Å²) in [5.41, 5.74) is 0.710. The van der Waals surface area contributed by atoms with Crippen LogP contribution < -0.4 is 4.90 Å². The lowest BCUT2D eigenvalue weighted by Gasteiger charge is -2.34. The van der Waals surface area contributed by atoms with E-state index in [1.165, 1.54) is 28.8 Å². The Balaban J connectivity index is 1.69. The van der Waals surface area contributed by atoms with Crippen LogP contribution in [0.2, 0.25) is 0 Å². The Morgan fingerprint density at radius 2 is 1.70 bits per heavy atom. The van der Waals surface area contributed by atoms with Gasteiger partial charge in [0.25, 0.3) is 0 Å². The minimum atomic E-state index is -4.50. The second-order valence-corrected chi connectivity index (χ2v) is 8.27. The molecule has 1 heterocycles. The van der Waals surface area contributed by atoms with Gasteiger partial charge in [-0.05, 0) is 47.9 Å². The molecule has 7 heteroatoms. The van der Waals surface area contributed by atoms with Crippen LogP contribution >= 0.6 is 11.8 Å². The molecular weight excluding hydrogens is 411 g/mol. The summed E-state index contributed by atoms with van der Waals surface area (Å²) in [6, 6.07) is 19.2. The molecule has 0 aliphatic carbocycles. The monoisotopic (exact) mass is 429 g/mol. The fraction of sp³-hybridized carbons (Fsp3) is 0.174. The highest BCUT2D eigenvalue weighted by Crippen LogP contribution is 2.42. The van der Waals surface area contributed by atoms with E-state index in [2.05, 4.69) is 0 Å². The predicted octanol–water partition coefficient (Wildman–Crippen LogP) is 5.66. The fourth-order valence-corrected chi connectivity index (χ4v) is 4.84. The quantitative estimate of drug-likeness (QED) is 0.582. The molecule has 3 aromatic carbocycles. The first-order valence-corrected chi connectivity index (χ1v) is 10.2. The summed E-state index contributed by atoms with van der Waals surface area (Å²) in [5, 5.41) is 9.21. The standard InChI is InChI=1S/C23H18F3NO2S/c24-23(25,26)18-9-2-1-7-16(18)14-27-19-10-3-4-11-20(19)30-21(22(27)29)13-15-6-5-8-17(28)12-15/h1-12,21,28H,13-14H2. The van der Waals surface area contributed by atoms with E-state index in [9.17, 15) is 23.1 Å². The lowest BCUT2D eigenvalue weighted by Crippen LogP contribution is -2.41. The van der Waals surface area contributed by atoms with Crippen LogP contribution in [0.15, 0.2) is 77.7 Å². The number of amides is 1. The molecule has 0 fully saturated rings. The highest BCUT2D eigenvalue weighted by atomic mass is 32.2. The predicted molar refractivity (Wildman–Crippen MR) is 111 cm³/mol. The van der Waals surface area contributed by atoms with Crippen LogP contribution in [0.4, 0.5) is 18.9 Å². The number of aromatic hydroxyl groups is 1. The largest absolute Gasteiger partial charge is 0.508 e. The van der Waals surface area contributed by atoms with Crippen LogP contribution in [-0.4, -0.2) is 16.3 Å². The third-order valence-electron chi connectivity index (χ3n) is 4.95. The lowest BCUT2D eigenvalue weighted by molar-refractivity contribution is -0.138. The van der Waals surface area contributed by atoms with E-state index in [1.807, 2.05) is 18.2 Å². The average Bonchev–Trinajstić information content (AvgIpc) is 2.71. The summed E-state index contributed by atoms with van der Waals surface area (Å²) in [5.74, 6) is -0.142. The Labute approximate surface area is 176 Å².